The van der Waals surface area contributed by atoms with Gasteiger partial charge in [0.25, 0.3) is 11.6 Å². The van der Waals surface area contributed by atoms with Gasteiger partial charge in [-0.2, -0.15) is 13.2 Å². The maximum absolute atomic E-state index is 13.4. The van der Waals surface area contributed by atoms with Crippen LogP contribution in [0, 0.1) is 10.1 Å². The number of phenols is 1. The number of nitrogens with zero attached hydrogens (tertiary/aromatic N) is 2. The van der Waals surface area contributed by atoms with Crippen molar-refractivity contribution >= 4 is 34.0 Å². The molecule has 2 N–H and O–H groups in total. The number of carbonyl (C=O) groups excluding carboxylic acids is 2. The molecule has 4 aromatic rings. The van der Waals surface area contributed by atoms with E-state index in [0.29, 0.717) is 24.8 Å². The highest BCUT2D eigenvalue weighted by Crippen LogP contribution is 2.42. The molecule has 0 saturated heterocycles. The van der Waals surface area contributed by atoms with E-state index in [9.17, 15) is 38.0 Å². The van der Waals surface area contributed by atoms with Crippen LogP contribution in [0.3, 0.4) is 0 Å². The number of rotatable bonds is 15. The van der Waals surface area contributed by atoms with E-state index in [1.54, 1.807) is 18.2 Å². The summed E-state index contributed by atoms with van der Waals surface area (Å²) < 4.78 is 52.2. The lowest BCUT2D eigenvalue weighted by atomic mass is 9.76. The number of hydrogen-bond acceptors (Lipinski definition) is 7. The molecule has 0 bridgehead atoms. The Morgan fingerprint density at radius 2 is 1.51 bits per heavy atom. The Labute approximate surface area is 307 Å². The van der Waals surface area contributed by atoms with E-state index < -0.39 is 34.3 Å². The molecule has 0 aliphatic carbocycles. The minimum Gasteiger partial charge on any atom is -0.506 e. The summed E-state index contributed by atoms with van der Waals surface area (Å²) in [5, 5.41) is 25.8. The highest BCUT2D eigenvalue weighted by atomic mass is 19.4. The molecule has 0 aliphatic rings. The average molecular weight is 738 g/mol. The number of ether oxygens (including phenoxy) is 2. The number of anilines is 1. The van der Waals surface area contributed by atoms with Gasteiger partial charge in [0.05, 0.1) is 22.8 Å². The van der Waals surface area contributed by atoms with Crippen molar-refractivity contribution in [1.29, 1.82) is 0 Å². The minimum absolute atomic E-state index is 0.0308. The summed E-state index contributed by atoms with van der Waals surface area (Å²) in [4.78, 5) is 36.3. The summed E-state index contributed by atoms with van der Waals surface area (Å²) in [6, 6.07) is 16.8. The van der Waals surface area contributed by atoms with Crippen molar-refractivity contribution in [2.45, 2.75) is 84.2 Å². The van der Waals surface area contributed by atoms with Crippen molar-refractivity contribution in [3.63, 3.8) is 0 Å². The maximum Gasteiger partial charge on any atom is 0.471 e. The van der Waals surface area contributed by atoms with Crippen LogP contribution in [0.25, 0.3) is 10.8 Å². The molecule has 10 nitrogen and oxygen atoms in total. The van der Waals surface area contributed by atoms with E-state index in [0.717, 1.165) is 49.4 Å². The van der Waals surface area contributed by atoms with Crippen LogP contribution in [0.15, 0.2) is 66.7 Å². The fraction of sp³-hybridized carbons (Fsp3) is 0.400. The average Bonchev–Trinajstić information content (AvgIpc) is 3.13. The summed E-state index contributed by atoms with van der Waals surface area (Å²) in [7, 11) is 0.815. The molecule has 4 aromatic carbocycles. The lowest BCUT2D eigenvalue weighted by molar-refractivity contribution is -0.384. The van der Waals surface area contributed by atoms with Crippen LogP contribution >= 0.6 is 0 Å². The quantitative estimate of drug-likeness (QED) is 0.0706. The molecule has 53 heavy (non-hydrogen) atoms. The molecule has 284 valence electrons. The Kier molecular flexibility index (Phi) is 12.3. The first-order chi connectivity index (χ1) is 24.8. The van der Waals surface area contributed by atoms with E-state index in [1.807, 2.05) is 6.07 Å². The topological polar surface area (TPSA) is 131 Å². The number of nitrogens with one attached hydrogen (secondary N) is 1. The van der Waals surface area contributed by atoms with Gasteiger partial charge in [-0.1, -0.05) is 77.9 Å². The van der Waals surface area contributed by atoms with Crippen LogP contribution in [0.5, 0.6) is 23.0 Å². The number of halogens is 3. The molecular weight excluding hydrogens is 691 g/mol. The van der Waals surface area contributed by atoms with Crippen LogP contribution in [0.2, 0.25) is 0 Å². The zero-order chi connectivity index (χ0) is 39.3. The number of alkyl halides is 3. The van der Waals surface area contributed by atoms with Crippen molar-refractivity contribution in [1.82, 2.24) is 5.32 Å². The standard InChI is InChI=1S/C40H46F3N3O7/c1-8-38(3,4)25-16-18-32(30(22-25)39(5,6)9-2)52-21-13-12-20-44-36(48)29-24-34(27-14-10-11-15-28(27)35(29)47)53-33-19-17-26(46(50)51)23-31(33)45(7)37(49)40(41,42)43/h10-11,14-19,22-24,47H,8-9,12-13,20-21H2,1-7H3,(H,44,48). The van der Waals surface area contributed by atoms with Crippen molar-refractivity contribution in [3.05, 3.63) is 93.5 Å². The third-order valence-corrected chi connectivity index (χ3v) is 9.88. The number of phenolic OH excluding ortho intramolecular Hbond substituents is 1. The predicted octanol–water partition coefficient (Wildman–Crippen LogP) is 9.74. The second-order valence-electron chi connectivity index (χ2n) is 14.2. The van der Waals surface area contributed by atoms with E-state index in [-0.39, 0.29) is 50.5 Å². The molecule has 0 saturated carbocycles. The zero-order valence-electron chi connectivity index (χ0n) is 31.0. The van der Waals surface area contributed by atoms with Gasteiger partial charge in [0.15, 0.2) is 5.75 Å². The molecule has 0 unspecified atom stereocenters. The first-order valence-corrected chi connectivity index (χ1v) is 17.4. The third kappa shape index (κ3) is 9.19. The molecule has 4 rings (SSSR count). The molecule has 0 aliphatic heterocycles. The largest absolute Gasteiger partial charge is 0.506 e. The molecule has 0 fully saturated rings. The second-order valence-corrected chi connectivity index (χ2v) is 14.2. The fourth-order valence-corrected chi connectivity index (χ4v) is 5.68. The zero-order valence-corrected chi connectivity index (χ0v) is 31.0. The van der Waals surface area contributed by atoms with Crippen molar-refractivity contribution in [2.75, 3.05) is 25.1 Å². The van der Waals surface area contributed by atoms with E-state index in [1.165, 1.54) is 17.7 Å². The summed E-state index contributed by atoms with van der Waals surface area (Å²) in [6.07, 6.45) is -2.15. The van der Waals surface area contributed by atoms with Gasteiger partial charge in [-0.3, -0.25) is 19.7 Å². The van der Waals surface area contributed by atoms with Crippen LogP contribution in [0.1, 0.15) is 88.7 Å². The first-order valence-electron chi connectivity index (χ1n) is 17.4. The Bertz CT molecular complexity index is 1990. The van der Waals surface area contributed by atoms with Crippen LogP contribution in [0.4, 0.5) is 24.5 Å². The van der Waals surface area contributed by atoms with Gasteiger partial charge in [-0.25, -0.2) is 0 Å². The highest BCUT2D eigenvalue weighted by Gasteiger charge is 2.42. The number of amides is 2. The summed E-state index contributed by atoms with van der Waals surface area (Å²) in [5.74, 6) is -2.79. The summed E-state index contributed by atoms with van der Waals surface area (Å²) in [5.41, 5.74) is 1.07. The van der Waals surface area contributed by atoms with Gasteiger partial charge in [-0.15, -0.1) is 0 Å². The van der Waals surface area contributed by atoms with Gasteiger partial charge >= 0.3 is 12.1 Å². The fourth-order valence-electron chi connectivity index (χ4n) is 5.68. The van der Waals surface area contributed by atoms with Crippen molar-refractivity contribution < 1.29 is 42.3 Å². The monoisotopic (exact) mass is 737 g/mol. The number of carbonyl (C=O) groups is 2. The van der Waals surface area contributed by atoms with Gasteiger partial charge in [0.1, 0.15) is 17.2 Å². The van der Waals surface area contributed by atoms with E-state index >= 15 is 0 Å². The van der Waals surface area contributed by atoms with Gasteiger partial charge in [-0.05, 0) is 60.3 Å². The molecular formula is C40H46F3N3O7. The number of aromatic hydroxyl groups is 1. The number of unbranched alkanes of at least 4 members (excludes halogenated alkanes) is 1. The SMILES string of the molecule is CCC(C)(C)c1ccc(OCCCCNC(=O)c2cc(Oc3ccc([N+](=O)[O-])cc3N(C)C(=O)C(F)(F)F)c3ccccc3c2O)c(C(C)(C)CC)c1. The Hall–Kier alpha value is -5.33. The van der Waals surface area contributed by atoms with Crippen LogP contribution in [-0.2, 0) is 15.6 Å². The normalized spacial score (nSPS) is 12.0. The Morgan fingerprint density at radius 1 is 0.868 bits per heavy atom. The number of nitro benzene ring substituents is 1. The van der Waals surface area contributed by atoms with Crippen LogP contribution in [-0.4, -0.2) is 48.2 Å². The predicted molar refractivity (Wildman–Crippen MR) is 198 cm³/mol. The van der Waals surface area contributed by atoms with E-state index in [4.69, 9.17) is 9.47 Å². The lowest BCUT2D eigenvalue weighted by Gasteiger charge is -2.30. The van der Waals surface area contributed by atoms with E-state index in [2.05, 4.69) is 59.0 Å². The minimum atomic E-state index is -5.27. The second kappa shape index (κ2) is 16.1. The lowest BCUT2D eigenvalue weighted by Crippen LogP contribution is -2.38. The number of nitro groups is 1. The molecule has 0 heterocycles. The molecule has 0 radical (unpaired) electrons. The number of benzene rings is 4. The van der Waals surface area contributed by atoms with Crippen molar-refractivity contribution in [3.8, 4) is 23.0 Å². The third-order valence-electron chi connectivity index (χ3n) is 9.88. The number of hydrogen-bond donors (Lipinski definition) is 2. The van der Waals surface area contributed by atoms with Crippen molar-refractivity contribution in [2.24, 2.45) is 0 Å². The molecule has 2 amide bonds. The highest BCUT2D eigenvalue weighted by molar-refractivity contribution is 6.06. The Balaban J connectivity index is 1.51. The Morgan fingerprint density at radius 3 is 2.13 bits per heavy atom. The molecule has 0 aromatic heterocycles. The van der Waals surface area contributed by atoms with Gasteiger partial charge in [0.2, 0.25) is 0 Å². The maximum atomic E-state index is 13.4. The molecule has 13 heteroatoms. The first kappa shape index (κ1) is 40.4. The summed E-state index contributed by atoms with van der Waals surface area (Å²) >= 11 is 0. The van der Waals surface area contributed by atoms with Gasteiger partial charge < -0.3 is 24.8 Å². The molecule has 0 atom stereocenters. The van der Waals surface area contributed by atoms with Gasteiger partial charge in [0, 0.05) is 42.1 Å². The number of fused-ring (bicyclic) bond motifs is 1. The number of non-ortho nitro benzene ring substituents is 1. The summed E-state index contributed by atoms with van der Waals surface area (Å²) in [6.45, 7) is 13.8. The molecule has 0 spiro atoms. The van der Waals surface area contributed by atoms with Crippen LogP contribution < -0.4 is 19.7 Å². The smallest absolute Gasteiger partial charge is 0.471 e.